The normalized spacial score (nSPS) is 11.0. The van der Waals surface area contributed by atoms with Crippen molar-refractivity contribution in [1.82, 2.24) is 0 Å². The van der Waals surface area contributed by atoms with Crippen LogP contribution in [-0.4, -0.2) is 34.3 Å². The van der Waals surface area contributed by atoms with Gasteiger partial charge in [-0.25, -0.2) is 13.6 Å². The number of hydrogen-bond donors (Lipinski definition) is 2. The molecule has 9 heteroatoms. The van der Waals surface area contributed by atoms with Gasteiger partial charge in [-0.15, -0.1) is 11.8 Å². The third-order valence-corrected chi connectivity index (χ3v) is 5.13. The number of thioether (sulfide) groups is 1. The summed E-state index contributed by atoms with van der Waals surface area (Å²) in [7, 11) is -1.03. The molecule has 0 saturated heterocycles. The molecule has 2 rings (SSSR count). The standard InChI is InChI=1S/C16H18N2O5S2/c1-22-12-4-6-13(7-5-12)24-10-16(19)18-11-3-8-14(23-2)15(9-11)25(17,20)21/h3-9H,10H2,1-2H3,(H,18,19)(H2,17,20,21). The van der Waals surface area contributed by atoms with Crippen molar-refractivity contribution in [2.45, 2.75) is 9.79 Å². The monoisotopic (exact) mass is 382 g/mol. The van der Waals surface area contributed by atoms with Crippen LogP contribution in [0.1, 0.15) is 0 Å². The summed E-state index contributed by atoms with van der Waals surface area (Å²) in [5.41, 5.74) is 0.324. The van der Waals surface area contributed by atoms with Crippen LogP contribution in [0.2, 0.25) is 0 Å². The number of ether oxygens (including phenoxy) is 2. The van der Waals surface area contributed by atoms with Gasteiger partial charge in [-0.3, -0.25) is 4.79 Å². The zero-order valence-corrected chi connectivity index (χ0v) is 15.3. The Balaban J connectivity index is 2.02. The van der Waals surface area contributed by atoms with Gasteiger partial charge in [0.1, 0.15) is 16.4 Å². The number of benzene rings is 2. The number of carbonyl (C=O) groups excluding carboxylic acids is 1. The molecule has 0 saturated carbocycles. The van der Waals surface area contributed by atoms with E-state index in [2.05, 4.69) is 5.32 Å². The Morgan fingerprint density at radius 3 is 2.36 bits per heavy atom. The molecule has 1 amide bonds. The molecule has 0 aliphatic rings. The summed E-state index contributed by atoms with van der Waals surface area (Å²) in [6, 6.07) is 11.6. The minimum absolute atomic E-state index is 0.119. The second-order valence-corrected chi connectivity index (χ2v) is 7.50. The molecule has 0 atom stereocenters. The molecule has 3 N–H and O–H groups in total. The Labute approximate surface area is 150 Å². The zero-order valence-electron chi connectivity index (χ0n) is 13.7. The molecule has 0 radical (unpaired) electrons. The molecule has 0 fully saturated rings. The van der Waals surface area contributed by atoms with Crippen LogP contribution in [0.15, 0.2) is 52.3 Å². The van der Waals surface area contributed by atoms with Crippen LogP contribution in [0.25, 0.3) is 0 Å². The average Bonchev–Trinajstić information content (AvgIpc) is 2.59. The van der Waals surface area contributed by atoms with E-state index in [0.717, 1.165) is 10.6 Å². The first kappa shape index (κ1) is 19.1. The third-order valence-electron chi connectivity index (χ3n) is 3.18. The number of nitrogens with two attached hydrogens (primary N) is 1. The highest BCUT2D eigenvalue weighted by molar-refractivity contribution is 8.00. The molecule has 0 aliphatic carbocycles. The highest BCUT2D eigenvalue weighted by Crippen LogP contribution is 2.26. The summed E-state index contributed by atoms with van der Waals surface area (Å²) in [5.74, 6) is 0.755. The van der Waals surface area contributed by atoms with E-state index in [1.807, 2.05) is 24.3 Å². The van der Waals surface area contributed by atoms with Crippen LogP contribution < -0.4 is 19.9 Å². The molecule has 25 heavy (non-hydrogen) atoms. The summed E-state index contributed by atoms with van der Waals surface area (Å²) in [4.78, 5) is 12.8. The highest BCUT2D eigenvalue weighted by Gasteiger charge is 2.16. The zero-order chi connectivity index (χ0) is 18.4. The Morgan fingerprint density at radius 2 is 1.80 bits per heavy atom. The van der Waals surface area contributed by atoms with Gasteiger partial charge in [-0.1, -0.05) is 0 Å². The Hall–Kier alpha value is -2.23. The molecule has 2 aromatic carbocycles. The van der Waals surface area contributed by atoms with Gasteiger partial charge in [-0.05, 0) is 42.5 Å². The fraction of sp³-hybridized carbons (Fsp3) is 0.188. The summed E-state index contributed by atoms with van der Waals surface area (Å²) < 4.78 is 33.2. The van der Waals surface area contributed by atoms with Crippen LogP contribution in [0.5, 0.6) is 11.5 Å². The smallest absolute Gasteiger partial charge is 0.241 e. The number of rotatable bonds is 7. The molecule has 7 nitrogen and oxygen atoms in total. The third kappa shape index (κ3) is 5.38. The lowest BCUT2D eigenvalue weighted by atomic mass is 10.3. The van der Waals surface area contributed by atoms with Crippen molar-refractivity contribution in [2.24, 2.45) is 5.14 Å². The first-order valence-corrected chi connectivity index (χ1v) is 9.64. The van der Waals surface area contributed by atoms with Crippen molar-refractivity contribution in [3.8, 4) is 11.5 Å². The molecule has 0 bridgehead atoms. The van der Waals surface area contributed by atoms with E-state index in [1.54, 1.807) is 13.2 Å². The topological polar surface area (TPSA) is 108 Å². The van der Waals surface area contributed by atoms with Crippen molar-refractivity contribution in [2.75, 3.05) is 25.3 Å². The van der Waals surface area contributed by atoms with Crippen LogP contribution >= 0.6 is 11.8 Å². The Bertz CT molecular complexity index is 851. The van der Waals surface area contributed by atoms with Gasteiger partial charge in [0.15, 0.2) is 0 Å². The summed E-state index contributed by atoms with van der Waals surface area (Å²) >= 11 is 1.35. The second-order valence-electron chi connectivity index (χ2n) is 4.92. The van der Waals surface area contributed by atoms with Crippen LogP contribution in [0.3, 0.4) is 0 Å². The predicted octanol–water partition coefficient (Wildman–Crippen LogP) is 2.08. The van der Waals surface area contributed by atoms with Gasteiger partial charge in [0.25, 0.3) is 0 Å². The fourth-order valence-corrected chi connectivity index (χ4v) is 3.42. The largest absolute Gasteiger partial charge is 0.497 e. The number of sulfonamides is 1. The maximum Gasteiger partial charge on any atom is 0.241 e. The van der Waals surface area contributed by atoms with Gasteiger partial charge in [0, 0.05) is 10.6 Å². The average molecular weight is 382 g/mol. The van der Waals surface area contributed by atoms with Gasteiger partial charge >= 0.3 is 0 Å². The number of carbonyl (C=O) groups is 1. The van der Waals surface area contributed by atoms with Crippen molar-refractivity contribution in [3.05, 3.63) is 42.5 Å². The molecular formula is C16H18N2O5S2. The minimum atomic E-state index is -3.96. The quantitative estimate of drug-likeness (QED) is 0.710. The number of primary sulfonamides is 1. The molecule has 0 aliphatic heterocycles. The van der Waals surface area contributed by atoms with E-state index in [1.165, 1.54) is 31.0 Å². The summed E-state index contributed by atoms with van der Waals surface area (Å²) in [6.45, 7) is 0. The number of hydrogen-bond acceptors (Lipinski definition) is 6. The maximum atomic E-state index is 12.1. The summed E-state index contributed by atoms with van der Waals surface area (Å²) in [5, 5.41) is 7.79. The Kier molecular flexibility index (Phi) is 6.29. The molecule has 0 unspecified atom stereocenters. The SMILES string of the molecule is COc1ccc(SCC(=O)Nc2ccc(OC)c(S(N)(=O)=O)c2)cc1. The van der Waals surface area contributed by atoms with Crippen molar-refractivity contribution < 1.29 is 22.7 Å². The molecule has 2 aromatic rings. The lowest BCUT2D eigenvalue weighted by Gasteiger charge is -2.10. The fourth-order valence-electron chi connectivity index (χ4n) is 1.99. The molecule has 0 spiro atoms. The number of nitrogens with one attached hydrogen (secondary N) is 1. The lowest BCUT2D eigenvalue weighted by Crippen LogP contribution is -2.16. The van der Waals surface area contributed by atoms with E-state index in [-0.39, 0.29) is 22.3 Å². The number of methoxy groups -OCH3 is 2. The van der Waals surface area contributed by atoms with Gasteiger partial charge in [-0.2, -0.15) is 0 Å². The molecule has 134 valence electrons. The highest BCUT2D eigenvalue weighted by atomic mass is 32.2. The first-order chi connectivity index (χ1) is 11.8. The maximum absolute atomic E-state index is 12.1. The van der Waals surface area contributed by atoms with Crippen LogP contribution in [0.4, 0.5) is 5.69 Å². The first-order valence-electron chi connectivity index (χ1n) is 7.11. The van der Waals surface area contributed by atoms with Crippen LogP contribution in [-0.2, 0) is 14.8 Å². The van der Waals surface area contributed by atoms with Gasteiger partial charge in [0.05, 0.1) is 20.0 Å². The van der Waals surface area contributed by atoms with Crippen LogP contribution in [0, 0.1) is 0 Å². The van der Waals surface area contributed by atoms with E-state index in [0.29, 0.717) is 5.69 Å². The molecule has 0 heterocycles. The van der Waals surface area contributed by atoms with E-state index < -0.39 is 10.0 Å². The van der Waals surface area contributed by atoms with E-state index >= 15 is 0 Å². The van der Waals surface area contributed by atoms with E-state index in [9.17, 15) is 13.2 Å². The van der Waals surface area contributed by atoms with Gasteiger partial charge < -0.3 is 14.8 Å². The Morgan fingerprint density at radius 1 is 1.12 bits per heavy atom. The van der Waals surface area contributed by atoms with Crippen molar-refractivity contribution in [3.63, 3.8) is 0 Å². The van der Waals surface area contributed by atoms with Gasteiger partial charge in [0.2, 0.25) is 15.9 Å². The molecular weight excluding hydrogens is 364 g/mol. The predicted molar refractivity (Wildman–Crippen MR) is 96.7 cm³/mol. The van der Waals surface area contributed by atoms with Crippen molar-refractivity contribution >= 4 is 33.4 Å². The van der Waals surface area contributed by atoms with Crippen molar-refractivity contribution in [1.29, 1.82) is 0 Å². The number of amides is 1. The second kappa shape index (κ2) is 8.24. The van der Waals surface area contributed by atoms with E-state index in [4.69, 9.17) is 14.6 Å². The molecule has 0 aromatic heterocycles. The summed E-state index contributed by atoms with van der Waals surface area (Å²) in [6.07, 6.45) is 0. The lowest BCUT2D eigenvalue weighted by molar-refractivity contribution is -0.113. The minimum Gasteiger partial charge on any atom is -0.497 e. The number of anilines is 1.